The number of piperazine rings is 1. The number of nitrogens with one attached hydrogen (secondary N) is 1. The van der Waals surface area contributed by atoms with Crippen LogP contribution < -0.4 is 5.32 Å². The monoisotopic (exact) mass is 334 g/mol. The van der Waals surface area contributed by atoms with Gasteiger partial charge < -0.3 is 9.52 Å². The summed E-state index contributed by atoms with van der Waals surface area (Å²) in [7, 11) is 0. The number of rotatable bonds is 5. The first-order valence-corrected chi connectivity index (χ1v) is 8.26. The number of nitriles is 1. The van der Waals surface area contributed by atoms with Crippen LogP contribution in [-0.2, 0) is 4.79 Å². The van der Waals surface area contributed by atoms with Crippen LogP contribution in [0, 0.1) is 25.2 Å². The van der Waals surface area contributed by atoms with E-state index in [2.05, 4.69) is 28.1 Å². The molecule has 1 fully saturated rings. The lowest BCUT2D eigenvalue weighted by Crippen LogP contribution is -2.54. The normalized spacial score (nSPS) is 20.6. The highest BCUT2D eigenvalue weighted by molar-refractivity contribution is 5.92. The molecule has 1 aromatic heterocycles. The molecule has 24 heavy (non-hydrogen) atoms. The minimum absolute atomic E-state index is 0.184. The van der Waals surface area contributed by atoms with Crippen LogP contribution in [0.5, 0.6) is 0 Å². The molecule has 0 saturated carbocycles. The van der Waals surface area contributed by atoms with Gasteiger partial charge in [0.15, 0.2) is 0 Å². The van der Waals surface area contributed by atoms with Crippen molar-refractivity contribution in [2.45, 2.75) is 39.8 Å². The summed E-state index contributed by atoms with van der Waals surface area (Å²) in [6.07, 6.45) is -0.350. The van der Waals surface area contributed by atoms with Crippen LogP contribution in [0.2, 0.25) is 0 Å². The molecule has 0 aliphatic carbocycles. The van der Waals surface area contributed by atoms with Gasteiger partial charge in [-0.1, -0.05) is 0 Å². The van der Waals surface area contributed by atoms with E-state index in [0.29, 0.717) is 17.9 Å². The van der Waals surface area contributed by atoms with Crippen molar-refractivity contribution in [1.82, 2.24) is 9.80 Å². The van der Waals surface area contributed by atoms with E-state index in [1.54, 1.807) is 20.8 Å². The van der Waals surface area contributed by atoms with Gasteiger partial charge in [0.05, 0.1) is 12.6 Å². The number of hydrogen-bond donors (Lipinski definition) is 2. The van der Waals surface area contributed by atoms with Gasteiger partial charge >= 0.3 is 0 Å². The Labute approximate surface area is 142 Å². The third-order valence-electron chi connectivity index (χ3n) is 4.47. The van der Waals surface area contributed by atoms with Crippen LogP contribution in [0.1, 0.15) is 30.7 Å². The molecule has 132 valence electrons. The summed E-state index contributed by atoms with van der Waals surface area (Å²) >= 11 is 0. The molecule has 1 amide bonds. The van der Waals surface area contributed by atoms with E-state index < -0.39 is 0 Å². The van der Waals surface area contributed by atoms with Crippen molar-refractivity contribution < 1.29 is 14.3 Å². The maximum atomic E-state index is 12.3. The van der Waals surface area contributed by atoms with Crippen LogP contribution in [0.15, 0.2) is 4.42 Å². The standard InChI is InChI=1S/C17H26N4O3/c1-11-8-20(5-6-21(11)9-12(2)22)10-16(23)19-17-15(7-18)13(3)14(4)24-17/h11-12,22H,5-6,8-10H2,1-4H3,(H,19,23). The summed E-state index contributed by atoms with van der Waals surface area (Å²) in [4.78, 5) is 16.6. The van der Waals surface area contributed by atoms with Crippen molar-refractivity contribution >= 4 is 11.8 Å². The first-order valence-electron chi connectivity index (χ1n) is 8.26. The molecule has 7 heteroatoms. The van der Waals surface area contributed by atoms with Crippen molar-refractivity contribution in [3.05, 3.63) is 16.9 Å². The lowest BCUT2D eigenvalue weighted by atomic mass is 10.1. The molecule has 0 bridgehead atoms. The third-order valence-corrected chi connectivity index (χ3v) is 4.47. The Hall–Kier alpha value is -1.88. The van der Waals surface area contributed by atoms with Gasteiger partial charge in [-0.3, -0.25) is 19.9 Å². The second-order valence-corrected chi connectivity index (χ2v) is 6.58. The number of carbonyl (C=O) groups excluding carboxylic acids is 1. The highest BCUT2D eigenvalue weighted by Gasteiger charge is 2.26. The van der Waals surface area contributed by atoms with Crippen LogP contribution >= 0.6 is 0 Å². The van der Waals surface area contributed by atoms with Crippen LogP contribution in [0.4, 0.5) is 5.88 Å². The predicted molar refractivity (Wildman–Crippen MR) is 90.7 cm³/mol. The molecule has 2 unspecified atom stereocenters. The van der Waals surface area contributed by atoms with Crippen LogP contribution in [-0.4, -0.2) is 65.7 Å². The van der Waals surface area contributed by atoms with Gasteiger partial charge in [0.2, 0.25) is 11.8 Å². The molecular formula is C17H26N4O3. The van der Waals surface area contributed by atoms with E-state index in [9.17, 15) is 15.2 Å². The Morgan fingerprint density at radius 2 is 2.21 bits per heavy atom. The largest absolute Gasteiger partial charge is 0.444 e. The van der Waals surface area contributed by atoms with Gasteiger partial charge in [-0.2, -0.15) is 5.26 Å². The van der Waals surface area contributed by atoms with E-state index in [0.717, 1.165) is 25.2 Å². The number of anilines is 1. The average molecular weight is 334 g/mol. The fraction of sp³-hybridized carbons (Fsp3) is 0.647. The van der Waals surface area contributed by atoms with Gasteiger partial charge in [-0.15, -0.1) is 0 Å². The maximum absolute atomic E-state index is 12.3. The second kappa shape index (κ2) is 7.79. The zero-order valence-electron chi connectivity index (χ0n) is 14.8. The van der Waals surface area contributed by atoms with Gasteiger partial charge in [0.25, 0.3) is 0 Å². The highest BCUT2D eigenvalue weighted by Crippen LogP contribution is 2.25. The Bertz CT molecular complexity index is 633. The van der Waals surface area contributed by atoms with Gasteiger partial charge in [-0.25, -0.2) is 0 Å². The summed E-state index contributed by atoms with van der Waals surface area (Å²) in [6, 6.07) is 2.35. The SMILES string of the molecule is Cc1oc(NC(=O)CN2CCN(CC(C)O)C(C)C2)c(C#N)c1C. The van der Waals surface area contributed by atoms with E-state index in [4.69, 9.17) is 4.42 Å². The van der Waals surface area contributed by atoms with Gasteiger partial charge in [0, 0.05) is 37.8 Å². The lowest BCUT2D eigenvalue weighted by molar-refractivity contribution is -0.118. The minimum atomic E-state index is -0.350. The average Bonchev–Trinajstić information content (AvgIpc) is 2.75. The number of hydrogen-bond acceptors (Lipinski definition) is 6. The summed E-state index contributed by atoms with van der Waals surface area (Å²) in [6.45, 7) is 10.7. The molecule has 2 rings (SSSR count). The quantitative estimate of drug-likeness (QED) is 0.837. The molecular weight excluding hydrogens is 308 g/mol. The second-order valence-electron chi connectivity index (χ2n) is 6.58. The minimum Gasteiger partial charge on any atom is -0.444 e. The number of β-amino-alcohol motifs (C(OH)–C–C–N with tert-alkyl or cyclic N) is 1. The first kappa shape index (κ1) is 18.5. The molecule has 1 aliphatic heterocycles. The van der Waals surface area contributed by atoms with Gasteiger partial charge in [-0.05, 0) is 27.7 Å². The molecule has 2 atom stereocenters. The summed E-state index contributed by atoms with van der Waals surface area (Å²) in [5.74, 6) is 0.692. The number of carbonyl (C=O) groups is 1. The van der Waals surface area contributed by atoms with E-state index in [1.807, 2.05) is 0 Å². The molecule has 0 aromatic carbocycles. The Kier molecular flexibility index (Phi) is 5.99. The van der Waals surface area contributed by atoms with Crippen molar-refractivity contribution in [2.75, 3.05) is 38.0 Å². The number of nitrogens with zero attached hydrogens (tertiary/aromatic N) is 3. The van der Waals surface area contributed by atoms with E-state index in [1.165, 1.54) is 0 Å². The van der Waals surface area contributed by atoms with Crippen molar-refractivity contribution in [1.29, 1.82) is 5.26 Å². The van der Waals surface area contributed by atoms with Crippen molar-refractivity contribution in [2.24, 2.45) is 0 Å². The number of furan rings is 1. The van der Waals surface area contributed by atoms with Crippen LogP contribution in [0.3, 0.4) is 0 Å². The molecule has 7 nitrogen and oxygen atoms in total. The van der Waals surface area contributed by atoms with Crippen molar-refractivity contribution in [3.8, 4) is 6.07 Å². The first-order chi connectivity index (χ1) is 11.3. The Morgan fingerprint density at radius 1 is 1.50 bits per heavy atom. The zero-order chi connectivity index (χ0) is 17.9. The molecule has 0 spiro atoms. The number of aryl methyl sites for hydroxylation is 1. The molecule has 0 radical (unpaired) electrons. The maximum Gasteiger partial charge on any atom is 0.240 e. The zero-order valence-corrected chi connectivity index (χ0v) is 14.8. The molecule has 1 saturated heterocycles. The predicted octanol–water partition coefficient (Wildman–Crippen LogP) is 1.09. The summed E-state index contributed by atoms with van der Waals surface area (Å²) in [5.41, 5.74) is 1.14. The fourth-order valence-corrected chi connectivity index (χ4v) is 3.04. The Balaban J connectivity index is 1.90. The van der Waals surface area contributed by atoms with Crippen LogP contribution in [0.25, 0.3) is 0 Å². The Morgan fingerprint density at radius 3 is 2.79 bits per heavy atom. The third kappa shape index (κ3) is 4.35. The topological polar surface area (TPSA) is 92.7 Å². The van der Waals surface area contributed by atoms with E-state index >= 15 is 0 Å². The molecule has 2 N–H and O–H groups in total. The number of amides is 1. The number of aliphatic hydroxyl groups is 1. The summed E-state index contributed by atoms with van der Waals surface area (Å²) < 4.78 is 5.47. The molecule has 2 heterocycles. The van der Waals surface area contributed by atoms with E-state index in [-0.39, 0.29) is 30.5 Å². The fourth-order valence-electron chi connectivity index (χ4n) is 3.04. The van der Waals surface area contributed by atoms with Gasteiger partial charge in [0.1, 0.15) is 17.4 Å². The number of aliphatic hydroxyl groups excluding tert-OH is 1. The van der Waals surface area contributed by atoms with Crippen molar-refractivity contribution in [3.63, 3.8) is 0 Å². The molecule has 1 aliphatic rings. The highest BCUT2D eigenvalue weighted by atomic mass is 16.4. The summed E-state index contributed by atoms with van der Waals surface area (Å²) in [5, 5.41) is 21.4. The molecule has 1 aromatic rings. The smallest absolute Gasteiger partial charge is 0.240 e. The lowest BCUT2D eigenvalue weighted by Gasteiger charge is -2.40.